The SMILES string of the molecule is CCNC(c1ccc2nccnc2c1)C1CCOCC1. The molecule has 2 heterocycles. The first-order chi connectivity index (χ1) is 9.88. The molecular weight excluding hydrogens is 250 g/mol. The highest BCUT2D eigenvalue weighted by Crippen LogP contribution is 2.31. The van der Waals surface area contributed by atoms with Crippen molar-refractivity contribution in [2.45, 2.75) is 25.8 Å². The minimum atomic E-state index is 0.385. The summed E-state index contributed by atoms with van der Waals surface area (Å²) < 4.78 is 5.48. The van der Waals surface area contributed by atoms with Crippen LogP contribution in [0.1, 0.15) is 31.4 Å². The van der Waals surface area contributed by atoms with Gasteiger partial charge in [0, 0.05) is 31.6 Å². The molecule has 4 nitrogen and oxygen atoms in total. The molecule has 1 fully saturated rings. The molecule has 0 aliphatic carbocycles. The number of ether oxygens (including phenoxy) is 1. The van der Waals surface area contributed by atoms with Crippen molar-refractivity contribution in [2.75, 3.05) is 19.8 Å². The zero-order chi connectivity index (χ0) is 13.8. The highest BCUT2D eigenvalue weighted by atomic mass is 16.5. The Morgan fingerprint density at radius 3 is 2.70 bits per heavy atom. The average molecular weight is 271 g/mol. The molecule has 1 atom stereocenters. The van der Waals surface area contributed by atoms with Crippen LogP contribution in [-0.2, 0) is 4.74 Å². The van der Waals surface area contributed by atoms with Gasteiger partial charge in [0.1, 0.15) is 0 Å². The van der Waals surface area contributed by atoms with E-state index in [1.807, 2.05) is 0 Å². The summed E-state index contributed by atoms with van der Waals surface area (Å²) in [7, 11) is 0. The van der Waals surface area contributed by atoms with Gasteiger partial charge in [-0.3, -0.25) is 9.97 Å². The molecule has 3 rings (SSSR count). The van der Waals surface area contributed by atoms with Crippen LogP contribution in [0.3, 0.4) is 0 Å². The first-order valence-corrected chi connectivity index (χ1v) is 7.40. The van der Waals surface area contributed by atoms with E-state index in [-0.39, 0.29) is 0 Å². The Bertz CT molecular complexity index is 566. The van der Waals surface area contributed by atoms with Crippen molar-refractivity contribution in [2.24, 2.45) is 5.92 Å². The molecule has 0 bridgehead atoms. The Morgan fingerprint density at radius 2 is 1.95 bits per heavy atom. The van der Waals surface area contributed by atoms with Gasteiger partial charge >= 0.3 is 0 Å². The fourth-order valence-electron chi connectivity index (χ4n) is 3.00. The largest absolute Gasteiger partial charge is 0.381 e. The van der Waals surface area contributed by atoms with Gasteiger partial charge in [-0.1, -0.05) is 13.0 Å². The second kappa shape index (κ2) is 6.29. The van der Waals surface area contributed by atoms with E-state index < -0.39 is 0 Å². The lowest BCUT2D eigenvalue weighted by atomic mass is 9.87. The van der Waals surface area contributed by atoms with E-state index in [0.717, 1.165) is 43.6 Å². The maximum absolute atomic E-state index is 5.48. The summed E-state index contributed by atoms with van der Waals surface area (Å²) in [6.45, 7) is 4.88. The summed E-state index contributed by atoms with van der Waals surface area (Å²) in [6.07, 6.45) is 5.73. The Labute approximate surface area is 119 Å². The first-order valence-electron chi connectivity index (χ1n) is 7.40. The maximum Gasteiger partial charge on any atom is 0.0890 e. The van der Waals surface area contributed by atoms with E-state index in [0.29, 0.717) is 12.0 Å². The van der Waals surface area contributed by atoms with Gasteiger partial charge in [0.2, 0.25) is 0 Å². The van der Waals surface area contributed by atoms with Gasteiger partial charge < -0.3 is 10.1 Å². The zero-order valence-corrected chi connectivity index (χ0v) is 11.9. The fraction of sp³-hybridized carbons (Fsp3) is 0.500. The summed E-state index contributed by atoms with van der Waals surface area (Å²) in [5.41, 5.74) is 3.24. The highest BCUT2D eigenvalue weighted by molar-refractivity contribution is 5.74. The minimum absolute atomic E-state index is 0.385. The molecule has 1 aliphatic rings. The Kier molecular flexibility index (Phi) is 4.23. The molecule has 0 spiro atoms. The minimum Gasteiger partial charge on any atom is -0.381 e. The van der Waals surface area contributed by atoms with E-state index >= 15 is 0 Å². The second-order valence-electron chi connectivity index (χ2n) is 5.29. The third-order valence-electron chi connectivity index (χ3n) is 4.01. The van der Waals surface area contributed by atoms with Crippen LogP contribution in [0, 0.1) is 5.92 Å². The Hall–Kier alpha value is -1.52. The quantitative estimate of drug-likeness (QED) is 0.928. The number of rotatable bonds is 4. The van der Waals surface area contributed by atoms with Gasteiger partial charge in [-0.2, -0.15) is 0 Å². The van der Waals surface area contributed by atoms with Gasteiger partial charge in [-0.15, -0.1) is 0 Å². The predicted octanol–water partition coefficient (Wildman–Crippen LogP) is 2.71. The van der Waals surface area contributed by atoms with Crippen LogP contribution in [0.5, 0.6) is 0 Å². The average Bonchev–Trinajstić information content (AvgIpc) is 2.53. The van der Waals surface area contributed by atoms with E-state index in [9.17, 15) is 0 Å². The molecule has 1 unspecified atom stereocenters. The fourth-order valence-corrected chi connectivity index (χ4v) is 3.00. The monoisotopic (exact) mass is 271 g/mol. The summed E-state index contributed by atoms with van der Waals surface area (Å²) >= 11 is 0. The Balaban J connectivity index is 1.91. The first kappa shape index (κ1) is 13.5. The van der Waals surface area contributed by atoms with Crippen molar-refractivity contribution in [1.29, 1.82) is 0 Å². The number of aromatic nitrogens is 2. The smallest absolute Gasteiger partial charge is 0.0890 e. The summed E-state index contributed by atoms with van der Waals surface area (Å²) in [4.78, 5) is 8.75. The van der Waals surface area contributed by atoms with Gasteiger partial charge in [-0.05, 0) is 43.0 Å². The van der Waals surface area contributed by atoms with Crippen LogP contribution >= 0.6 is 0 Å². The molecule has 1 aromatic carbocycles. The molecule has 1 aliphatic heterocycles. The van der Waals surface area contributed by atoms with Crippen molar-refractivity contribution in [3.8, 4) is 0 Å². The van der Waals surface area contributed by atoms with Crippen molar-refractivity contribution in [1.82, 2.24) is 15.3 Å². The van der Waals surface area contributed by atoms with Crippen LogP contribution < -0.4 is 5.32 Å². The van der Waals surface area contributed by atoms with Gasteiger partial charge in [0.05, 0.1) is 11.0 Å². The topological polar surface area (TPSA) is 47.0 Å². The number of nitrogens with one attached hydrogen (secondary N) is 1. The molecule has 106 valence electrons. The van der Waals surface area contributed by atoms with Crippen molar-refractivity contribution >= 4 is 11.0 Å². The summed E-state index contributed by atoms with van der Waals surface area (Å²) in [5, 5.41) is 3.63. The molecule has 4 heteroatoms. The molecule has 0 amide bonds. The molecule has 1 saturated heterocycles. The highest BCUT2D eigenvalue weighted by Gasteiger charge is 2.24. The molecule has 0 radical (unpaired) electrons. The number of hydrogen-bond acceptors (Lipinski definition) is 4. The molecule has 1 aromatic heterocycles. The predicted molar refractivity (Wildman–Crippen MR) is 79.5 cm³/mol. The van der Waals surface area contributed by atoms with Crippen molar-refractivity contribution in [3.05, 3.63) is 36.2 Å². The van der Waals surface area contributed by atoms with Gasteiger partial charge in [0.25, 0.3) is 0 Å². The lowest BCUT2D eigenvalue weighted by Gasteiger charge is -2.31. The molecule has 2 aromatic rings. The molecule has 1 N–H and O–H groups in total. The van der Waals surface area contributed by atoms with Crippen molar-refractivity contribution in [3.63, 3.8) is 0 Å². The van der Waals surface area contributed by atoms with Crippen LogP contribution in [0.2, 0.25) is 0 Å². The number of fused-ring (bicyclic) bond motifs is 1. The third kappa shape index (κ3) is 2.81. The second-order valence-corrected chi connectivity index (χ2v) is 5.29. The number of hydrogen-bond donors (Lipinski definition) is 1. The van der Waals surface area contributed by atoms with Crippen LogP contribution in [0.15, 0.2) is 30.6 Å². The maximum atomic E-state index is 5.48. The Morgan fingerprint density at radius 1 is 1.20 bits per heavy atom. The van der Waals surface area contributed by atoms with Crippen molar-refractivity contribution < 1.29 is 4.74 Å². The van der Waals surface area contributed by atoms with E-state index in [1.165, 1.54) is 5.56 Å². The normalized spacial score (nSPS) is 18.2. The lowest BCUT2D eigenvalue weighted by molar-refractivity contribution is 0.0538. The standard InChI is InChI=1S/C16H21N3O/c1-2-17-16(12-5-9-20-10-6-12)13-3-4-14-15(11-13)19-8-7-18-14/h3-4,7-8,11-12,16-17H,2,5-6,9-10H2,1H3. The van der Waals surface area contributed by atoms with Crippen LogP contribution in [0.25, 0.3) is 11.0 Å². The van der Waals surface area contributed by atoms with Gasteiger partial charge in [-0.25, -0.2) is 0 Å². The molecular formula is C16H21N3O. The third-order valence-corrected chi connectivity index (χ3v) is 4.01. The number of benzene rings is 1. The van der Waals surface area contributed by atoms with Crippen LogP contribution in [0.4, 0.5) is 0 Å². The van der Waals surface area contributed by atoms with Gasteiger partial charge in [0.15, 0.2) is 0 Å². The molecule has 0 saturated carbocycles. The van der Waals surface area contributed by atoms with E-state index in [4.69, 9.17) is 4.74 Å². The summed E-state index contributed by atoms with van der Waals surface area (Å²) in [5.74, 6) is 0.637. The molecule has 20 heavy (non-hydrogen) atoms. The van der Waals surface area contributed by atoms with E-state index in [2.05, 4.69) is 40.4 Å². The summed E-state index contributed by atoms with van der Waals surface area (Å²) in [6, 6.07) is 6.81. The lowest BCUT2D eigenvalue weighted by Crippen LogP contribution is -2.32. The zero-order valence-electron chi connectivity index (χ0n) is 11.9. The number of nitrogens with zero attached hydrogens (tertiary/aromatic N) is 2. The van der Waals surface area contributed by atoms with E-state index in [1.54, 1.807) is 12.4 Å². The van der Waals surface area contributed by atoms with Crippen LogP contribution in [-0.4, -0.2) is 29.7 Å².